The number of hydrogen-bond acceptors (Lipinski definition) is 5. The van der Waals surface area contributed by atoms with E-state index in [0.29, 0.717) is 0 Å². The van der Waals surface area contributed by atoms with Crippen molar-refractivity contribution in [1.29, 1.82) is 0 Å². The molecule has 8 nitrogen and oxygen atoms in total. The monoisotopic (exact) mass is 283 g/mol. The molecule has 9 heteroatoms. The maximum atomic E-state index is 11.6. The molecule has 0 aliphatic carbocycles. The van der Waals surface area contributed by atoms with Gasteiger partial charge in [0.25, 0.3) is 11.6 Å². The summed E-state index contributed by atoms with van der Waals surface area (Å²) >= 11 is 4.70. The largest absolute Gasteiger partial charge is 0.480 e. The molecule has 0 radical (unpaired) electrons. The van der Waals surface area contributed by atoms with Gasteiger partial charge in [0.2, 0.25) is 0 Å². The van der Waals surface area contributed by atoms with E-state index in [1.807, 2.05) is 0 Å². The second-order valence-corrected chi connectivity index (χ2v) is 3.74. The fraction of sp³-hybridized carbons (Fsp3) is 0.100. The van der Waals surface area contributed by atoms with Crippen LogP contribution in [0.2, 0.25) is 0 Å². The van der Waals surface area contributed by atoms with E-state index in [1.54, 1.807) is 0 Å². The van der Waals surface area contributed by atoms with Crippen molar-refractivity contribution in [2.24, 2.45) is 0 Å². The number of aliphatic carboxylic acids is 1. The van der Waals surface area contributed by atoms with Gasteiger partial charge < -0.3 is 10.4 Å². The van der Waals surface area contributed by atoms with Crippen LogP contribution in [0, 0.1) is 10.1 Å². The molecule has 0 spiro atoms. The summed E-state index contributed by atoms with van der Waals surface area (Å²) in [6.45, 7) is -0.417. The maximum Gasteiger partial charge on any atom is 0.322 e. The SMILES string of the molecule is O=C(O)CNC(=S)NC(=O)c1ccc([N+](=O)[O-])cc1. The lowest BCUT2D eigenvalue weighted by molar-refractivity contribution is -0.384. The summed E-state index contributed by atoms with van der Waals surface area (Å²) in [5.41, 5.74) is 0.0354. The van der Waals surface area contributed by atoms with Gasteiger partial charge in [-0.3, -0.25) is 25.0 Å². The topological polar surface area (TPSA) is 122 Å². The fourth-order valence-corrected chi connectivity index (χ4v) is 1.27. The first-order valence-electron chi connectivity index (χ1n) is 4.95. The van der Waals surface area contributed by atoms with E-state index in [1.165, 1.54) is 24.3 Å². The summed E-state index contributed by atoms with van der Waals surface area (Å²) in [5.74, 6) is -1.70. The second kappa shape index (κ2) is 6.40. The zero-order chi connectivity index (χ0) is 14.4. The Morgan fingerprint density at radius 1 is 1.32 bits per heavy atom. The summed E-state index contributed by atoms with van der Waals surface area (Å²) in [6, 6.07) is 4.91. The van der Waals surface area contributed by atoms with Crippen molar-refractivity contribution in [3.63, 3.8) is 0 Å². The first-order chi connectivity index (χ1) is 8.90. The summed E-state index contributed by atoms with van der Waals surface area (Å²) in [5, 5.41) is 23.2. The molecule has 0 aliphatic heterocycles. The third-order valence-corrected chi connectivity index (χ3v) is 2.21. The van der Waals surface area contributed by atoms with Crippen LogP contribution in [0.4, 0.5) is 5.69 Å². The van der Waals surface area contributed by atoms with Crippen LogP contribution in [0.3, 0.4) is 0 Å². The number of non-ortho nitro benzene ring substituents is 1. The molecule has 0 saturated heterocycles. The summed E-state index contributed by atoms with van der Waals surface area (Å²) < 4.78 is 0. The van der Waals surface area contributed by atoms with E-state index in [2.05, 4.69) is 10.6 Å². The maximum absolute atomic E-state index is 11.6. The Kier molecular flexibility index (Phi) is 4.89. The van der Waals surface area contributed by atoms with E-state index < -0.39 is 23.3 Å². The highest BCUT2D eigenvalue weighted by Crippen LogP contribution is 2.11. The Balaban J connectivity index is 2.60. The number of amides is 1. The number of carbonyl (C=O) groups is 2. The molecule has 0 saturated carbocycles. The Labute approximate surface area is 112 Å². The van der Waals surface area contributed by atoms with Gasteiger partial charge in [0.15, 0.2) is 5.11 Å². The number of hydrogen-bond donors (Lipinski definition) is 3. The van der Waals surface area contributed by atoms with Crippen molar-refractivity contribution in [2.75, 3.05) is 6.54 Å². The van der Waals surface area contributed by atoms with Crippen molar-refractivity contribution in [3.8, 4) is 0 Å². The first-order valence-corrected chi connectivity index (χ1v) is 5.36. The van der Waals surface area contributed by atoms with Crippen LogP contribution in [0.25, 0.3) is 0 Å². The number of carbonyl (C=O) groups excluding carboxylic acids is 1. The number of carboxylic acid groups (broad SMARTS) is 1. The number of nitro groups is 1. The van der Waals surface area contributed by atoms with Gasteiger partial charge in [0.1, 0.15) is 6.54 Å². The molecule has 0 fully saturated rings. The summed E-state index contributed by atoms with van der Waals surface area (Å²) in [4.78, 5) is 31.7. The zero-order valence-corrected chi connectivity index (χ0v) is 10.3. The number of carboxylic acids is 1. The van der Waals surface area contributed by atoms with Crippen LogP contribution >= 0.6 is 12.2 Å². The molecule has 19 heavy (non-hydrogen) atoms. The van der Waals surface area contributed by atoms with Crippen molar-refractivity contribution in [3.05, 3.63) is 39.9 Å². The normalized spacial score (nSPS) is 9.47. The predicted molar refractivity (Wildman–Crippen MR) is 68.8 cm³/mol. The van der Waals surface area contributed by atoms with Gasteiger partial charge in [-0.15, -0.1) is 0 Å². The Hall–Kier alpha value is -2.55. The van der Waals surface area contributed by atoms with Gasteiger partial charge in [-0.2, -0.15) is 0 Å². The summed E-state index contributed by atoms with van der Waals surface area (Å²) in [7, 11) is 0. The van der Waals surface area contributed by atoms with Gasteiger partial charge in [0, 0.05) is 17.7 Å². The number of nitro benzene ring substituents is 1. The predicted octanol–water partition coefficient (Wildman–Crippen LogP) is 0.284. The van der Waals surface area contributed by atoms with E-state index >= 15 is 0 Å². The Morgan fingerprint density at radius 3 is 2.37 bits per heavy atom. The molecule has 100 valence electrons. The number of nitrogens with zero attached hydrogens (tertiary/aromatic N) is 1. The van der Waals surface area contributed by atoms with Crippen molar-refractivity contribution in [2.45, 2.75) is 0 Å². The molecule has 0 atom stereocenters. The van der Waals surface area contributed by atoms with E-state index in [0.717, 1.165) is 0 Å². The van der Waals surface area contributed by atoms with Gasteiger partial charge in [-0.25, -0.2) is 0 Å². The minimum atomic E-state index is -1.12. The van der Waals surface area contributed by atoms with Crippen molar-refractivity contribution >= 4 is 34.9 Å². The molecular weight excluding hydrogens is 274 g/mol. The zero-order valence-electron chi connectivity index (χ0n) is 9.45. The summed E-state index contributed by atoms with van der Waals surface area (Å²) in [6.07, 6.45) is 0. The first kappa shape index (κ1) is 14.5. The van der Waals surface area contributed by atoms with Crippen LogP contribution in [-0.2, 0) is 4.79 Å². The van der Waals surface area contributed by atoms with Crippen LogP contribution in [-0.4, -0.2) is 33.6 Å². The van der Waals surface area contributed by atoms with Crippen LogP contribution < -0.4 is 10.6 Å². The minimum absolute atomic E-state index is 0.134. The molecule has 1 amide bonds. The number of benzene rings is 1. The molecule has 0 aliphatic rings. The lowest BCUT2D eigenvalue weighted by Gasteiger charge is -2.07. The number of nitrogens with one attached hydrogen (secondary N) is 2. The van der Waals surface area contributed by atoms with Gasteiger partial charge in [-0.05, 0) is 24.4 Å². The molecule has 1 rings (SSSR count). The molecule has 0 heterocycles. The lowest BCUT2D eigenvalue weighted by atomic mass is 10.2. The lowest BCUT2D eigenvalue weighted by Crippen LogP contribution is -2.41. The third kappa shape index (κ3) is 4.68. The molecule has 1 aromatic rings. The molecule has 0 unspecified atom stereocenters. The quantitative estimate of drug-likeness (QED) is 0.412. The second-order valence-electron chi connectivity index (χ2n) is 3.33. The van der Waals surface area contributed by atoms with E-state index in [4.69, 9.17) is 17.3 Å². The van der Waals surface area contributed by atoms with Crippen molar-refractivity contribution < 1.29 is 19.6 Å². The van der Waals surface area contributed by atoms with E-state index in [9.17, 15) is 19.7 Å². The molecule has 0 aromatic heterocycles. The average molecular weight is 283 g/mol. The Morgan fingerprint density at radius 2 is 1.89 bits per heavy atom. The van der Waals surface area contributed by atoms with Gasteiger partial charge in [-0.1, -0.05) is 0 Å². The van der Waals surface area contributed by atoms with Crippen molar-refractivity contribution in [1.82, 2.24) is 10.6 Å². The smallest absolute Gasteiger partial charge is 0.322 e. The van der Waals surface area contributed by atoms with Gasteiger partial charge >= 0.3 is 5.97 Å². The molecule has 0 bridgehead atoms. The number of thiocarbonyl (C=S) groups is 1. The minimum Gasteiger partial charge on any atom is -0.480 e. The average Bonchev–Trinajstić information content (AvgIpc) is 2.36. The van der Waals surface area contributed by atoms with Crippen LogP contribution in [0.5, 0.6) is 0 Å². The fourth-order valence-electron chi connectivity index (χ4n) is 1.11. The van der Waals surface area contributed by atoms with Crippen LogP contribution in [0.15, 0.2) is 24.3 Å². The highest BCUT2D eigenvalue weighted by atomic mass is 32.1. The van der Waals surface area contributed by atoms with Crippen LogP contribution in [0.1, 0.15) is 10.4 Å². The third-order valence-electron chi connectivity index (χ3n) is 1.97. The standard InChI is InChI=1S/C10H9N3O5S/c14-8(15)5-11-10(19)12-9(16)6-1-3-7(4-2-6)13(17)18/h1-4H,5H2,(H,14,15)(H2,11,12,16,19). The Bertz CT molecular complexity index is 528. The van der Waals surface area contributed by atoms with Gasteiger partial charge in [0.05, 0.1) is 4.92 Å². The highest BCUT2D eigenvalue weighted by Gasteiger charge is 2.10. The highest BCUT2D eigenvalue weighted by molar-refractivity contribution is 7.80. The van der Waals surface area contributed by atoms with E-state index in [-0.39, 0.29) is 16.4 Å². The number of rotatable bonds is 4. The molecular formula is C10H9N3O5S. The molecule has 1 aromatic carbocycles. The molecule has 3 N–H and O–H groups in total.